The monoisotopic (exact) mass is 141 g/mol. The predicted molar refractivity (Wildman–Crippen MR) is 41.7 cm³/mol. The Kier molecular flexibility index (Phi) is 4.54. The molecule has 0 aliphatic heterocycles. The van der Waals surface area contributed by atoms with Gasteiger partial charge in [-0.1, -0.05) is 20.3 Å². The highest BCUT2D eigenvalue weighted by molar-refractivity contribution is 4.72. The standard InChI is InChI=1S/C4H7N3.C3H8/c1-4-5-3-7(2)6-4;1-3-2/h3H,1-2H3;3H2,1-2H3. The van der Waals surface area contributed by atoms with Crippen molar-refractivity contribution >= 4 is 0 Å². The molecule has 1 heterocycles. The van der Waals surface area contributed by atoms with E-state index in [4.69, 9.17) is 0 Å². The summed E-state index contributed by atoms with van der Waals surface area (Å²) in [6.45, 7) is 6.11. The maximum atomic E-state index is 3.92. The Labute approximate surface area is 62.1 Å². The Morgan fingerprint density at radius 1 is 1.50 bits per heavy atom. The molecule has 0 amide bonds. The van der Waals surface area contributed by atoms with Crippen LogP contribution in [0.25, 0.3) is 0 Å². The smallest absolute Gasteiger partial charge is 0.147 e. The first-order valence-corrected chi connectivity index (χ1v) is 3.53. The van der Waals surface area contributed by atoms with Crippen molar-refractivity contribution in [3.8, 4) is 0 Å². The molecule has 58 valence electrons. The van der Waals surface area contributed by atoms with E-state index in [-0.39, 0.29) is 0 Å². The molecule has 0 N–H and O–H groups in total. The second-order valence-electron chi connectivity index (χ2n) is 2.17. The molecule has 3 nitrogen and oxygen atoms in total. The number of hydrogen-bond donors (Lipinski definition) is 0. The van der Waals surface area contributed by atoms with E-state index < -0.39 is 0 Å². The molecule has 3 heteroatoms. The molecule has 0 bridgehead atoms. The summed E-state index contributed by atoms with van der Waals surface area (Å²) < 4.78 is 1.68. The Bertz CT molecular complexity index is 153. The van der Waals surface area contributed by atoms with Gasteiger partial charge in [0, 0.05) is 7.05 Å². The summed E-state index contributed by atoms with van der Waals surface area (Å²) in [5.41, 5.74) is 0. The first-order chi connectivity index (χ1) is 4.70. The van der Waals surface area contributed by atoms with E-state index >= 15 is 0 Å². The Morgan fingerprint density at radius 2 is 2.00 bits per heavy atom. The van der Waals surface area contributed by atoms with E-state index in [2.05, 4.69) is 23.9 Å². The third kappa shape index (κ3) is 4.06. The molecule has 0 aromatic carbocycles. The quantitative estimate of drug-likeness (QED) is 0.548. The van der Waals surface area contributed by atoms with Crippen molar-refractivity contribution in [3.63, 3.8) is 0 Å². The topological polar surface area (TPSA) is 30.7 Å². The minimum absolute atomic E-state index is 0.822. The van der Waals surface area contributed by atoms with Crippen molar-refractivity contribution in [2.24, 2.45) is 7.05 Å². The summed E-state index contributed by atoms with van der Waals surface area (Å²) in [5.74, 6) is 0.822. The molecule has 0 unspecified atom stereocenters. The lowest BCUT2D eigenvalue weighted by Gasteiger charge is -1.76. The second kappa shape index (κ2) is 4.97. The SMILES string of the molecule is CCC.Cc1ncn(C)n1. The van der Waals surface area contributed by atoms with Gasteiger partial charge < -0.3 is 0 Å². The predicted octanol–water partition coefficient (Wildman–Crippen LogP) is 1.54. The largest absolute Gasteiger partial charge is 0.256 e. The van der Waals surface area contributed by atoms with Crippen LogP contribution in [-0.2, 0) is 7.05 Å². The molecule has 0 spiro atoms. The lowest BCUT2D eigenvalue weighted by atomic mass is 10.6. The van der Waals surface area contributed by atoms with Gasteiger partial charge >= 0.3 is 0 Å². The third-order valence-corrected chi connectivity index (χ3v) is 0.714. The van der Waals surface area contributed by atoms with E-state index in [0.29, 0.717) is 0 Å². The molecular formula is C7H15N3. The molecule has 1 aromatic rings. The van der Waals surface area contributed by atoms with E-state index in [0.717, 1.165) is 5.82 Å². The lowest BCUT2D eigenvalue weighted by molar-refractivity contribution is 0.756. The van der Waals surface area contributed by atoms with Crippen molar-refractivity contribution < 1.29 is 0 Å². The highest BCUT2D eigenvalue weighted by Gasteiger charge is 1.83. The van der Waals surface area contributed by atoms with Crippen LogP contribution in [0.1, 0.15) is 26.1 Å². The molecule has 0 aliphatic carbocycles. The Morgan fingerprint density at radius 3 is 2.10 bits per heavy atom. The zero-order valence-corrected chi connectivity index (χ0v) is 7.13. The molecule has 0 saturated heterocycles. The Hall–Kier alpha value is -0.860. The number of aromatic nitrogens is 3. The van der Waals surface area contributed by atoms with Crippen molar-refractivity contribution in [1.29, 1.82) is 0 Å². The normalized spacial score (nSPS) is 8.40. The lowest BCUT2D eigenvalue weighted by Crippen LogP contribution is -1.86. The number of aryl methyl sites for hydroxylation is 2. The minimum atomic E-state index is 0.822. The first-order valence-electron chi connectivity index (χ1n) is 3.53. The van der Waals surface area contributed by atoms with E-state index in [1.54, 1.807) is 11.0 Å². The summed E-state index contributed by atoms with van der Waals surface area (Å²) >= 11 is 0. The molecule has 1 rings (SSSR count). The van der Waals surface area contributed by atoms with Gasteiger partial charge in [0.2, 0.25) is 0 Å². The average molecular weight is 141 g/mol. The number of nitrogens with zero attached hydrogens (tertiary/aromatic N) is 3. The van der Waals surface area contributed by atoms with Crippen LogP contribution < -0.4 is 0 Å². The van der Waals surface area contributed by atoms with Crippen molar-refractivity contribution in [2.75, 3.05) is 0 Å². The van der Waals surface area contributed by atoms with E-state index in [1.807, 2.05) is 14.0 Å². The van der Waals surface area contributed by atoms with Crippen LogP contribution in [0.4, 0.5) is 0 Å². The van der Waals surface area contributed by atoms with Crippen LogP contribution >= 0.6 is 0 Å². The van der Waals surface area contributed by atoms with Gasteiger partial charge in [0.05, 0.1) is 0 Å². The maximum absolute atomic E-state index is 3.92. The molecule has 0 radical (unpaired) electrons. The van der Waals surface area contributed by atoms with Crippen LogP contribution in [0, 0.1) is 6.92 Å². The molecule has 10 heavy (non-hydrogen) atoms. The molecule has 0 saturated carbocycles. The summed E-state index contributed by atoms with van der Waals surface area (Å²) in [5, 5.41) is 3.92. The summed E-state index contributed by atoms with van der Waals surface area (Å²) in [6, 6.07) is 0. The average Bonchev–Trinajstić information content (AvgIpc) is 2.17. The fraction of sp³-hybridized carbons (Fsp3) is 0.714. The van der Waals surface area contributed by atoms with Crippen LogP contribution in [-0.4, -0.2) is 14.8 Å². The molecular weight excluding hydrogens is 126 g/mol. The Balaban J connectivity index is 0.000000236. The second-order valence-corrected chi connectivity index (χ2v) is 2.17. The van der Waals surface area contributed by atoms with Crippen LogP contribution in [0.15, 0.2) is 6.33 Å². The number of hydrogen-bond acceptors (Lipinski definition) is 2. The van der Waals surface area contributed by atoms with Crippen molar-refractivity contribution in [3.05, 3.63) is 12.2 Å². The first kappa shape index (κ1) is 9.14. The van der Waals surface area contributed by atoms with Gasteiger partial charge in [0.25, 0.3) is 0 Å². The summed E-state index contributed by atoms with van der Waals surface area (Å²) in [4.78, 5) is 3.87. The third-order valence-electron chi connectivity index (χ3n) is 0.714. The fourth-order valence-electron chi connectivity index (χ4n) is 0.447. The van der Waals surface area contributed by atoms with E-state index in [9.17, 15) is 0 Å². The van der Waals surface area contributed by atoms with Crippen LogP contribution in [0.3, 0.4) is 0 Å². The van der Waals surface area contributed by atoms with Crippen LogP contribution in [0.2, 0.25) is 0 Å². The van der Waals surface area contributed by atoms with Crippen molar-refractivity contribution in [2.45, 2.75) is 27.2 Å². The van der Waals surface area contributed by atoms with E-state index in [1.165, 1.54) is 6.42 Å². The van der Waals surface area contributed by atoms with Gasteiger partial charge in [-0.3, -0.25) is 4.68 Å². The zero-order valence-electron chi connectivity index (χ0n) is 7.13. The van der Waals surface area contributed by atoms with Gasteiger partial charge in [-0.05, 0) is 6.92 Å². The highest BCUT2D eigenvalue weighted by Crippen LogP contribution is 1.79. The van der Waals surface area contributed by atoms with Gasteiger partial charge in [-0.2, -0.15) is 5.10 Å². The highest BCUT2D eigenvalue weighted by atomic mass is 15.3. The summed E-state index contributed by atoms with van der Waals surface area (Å²) in [7, 11) is 1.85. The molecule has 0 fully saturated rings. The summed E-state index contributed by atoms with van der Waals surface area (Å²) in [6.07, 6.45) is 2.93. The van der Waals surface area contributed by atoms with Gasteiger partial charge in [0.15, 0.2) is 0 Å². The molecule has 0 aliphatic rings. The number of rotatable bonds is 0. The maximum Gasteiger partial charge on any atom is 0.147 e. The van der Waals surface area contributed by atoms with Gasteiger partial charge in [-0.25, -0.2) is 4.98 Å². The van der Waals surface area contributed by atoms with Crippen LogP contribution in [0.5, 0.6) is 0 Å². The molecule has 1 aromatic heterocycles. The minimum Gasteiger partial charge on any atom is -0.256 e. The van der Waals surface area contributed by atoms with Gasteiger partial charge in [-0.15, -0.1) is 0 Å². The molecule has 0 atom stereocenters. The zero-order chi connectivity index (χ0) is 7.98. The van der Waals surface area contributed by atoms with Gasteiger partial charge in [0.1, 0.15) is 12.2 Å². The van der Waals surface area contributed by atoms with Crippen molar-refractivity contribution in [1.82, 2.24) is 14.8 Å². The fourth-order valence-corrected chi connectivity index (χ4v) is 0.447.